The molecule has 0 aliphatic heterocycles. The molecule has 0 radical (unpaired) electrons. The molecule has 0 aromatic carbocycles. The Bertz CT molecular complexity index is 783. The molecule has 4 bridgehead atoms. The zero-order valence-electron chi connectivity index (χ0n) is 15.0. The standard InChI is InChI=1S/C20H24N4OS/c1-12(20-8-13-5-14(9-20)7-15(6-13)10-20)23-18(25)16-11-26-19(24-16)17-21-3-2-4-22-17/h2-4,11-15H,5-10H2,1H3,(H,23,25). The van der Waals surface area contributed by atoms with Gasteiger partial charge in [-0.1, -0.05) is 0 Å². The van der Waals surface area contributed by atoms with Crippen molar-refractivity contribution in [2.75, 3.05) is 0 Å². The summed E-state index contributed by atoms with van der Waals surface area (Å²) in [7, 11) is 0. The summed E-state index contributed by atoms with van der Waals surface area (Å²) in [5.41, 5.74) is 0.792. The maximum Gasteiger partial charge on any atom is 0.271 e. The van der Waals surface area contributed by atoms with E-state index in [-0.39, 0.29) is 11.9 Å². The van der Waals surface area contributed by atoms with E-state index in [4.69, 9.17) is 0 Å². The largest absolute Gasteiger partial charge is 0.348 e. The summed E-state index contributed by atoms with van der Waals surface area (Å²) in [6.45, 7) is 2.21. The molecule has 1 unspecified atom stereocenters. The van der Waals surface area contributed by atoms with Gasteiger partial charge in [-0.25, -0.2) is 15.0 Å². The smallest absolute Gasteiger partial charge is 0.271 e. The molecule has 4 saturated carbocycles. The number of hydrogen-bond acceptors (Lipinski definition) is 5. The Morgan fingerprint density at radius 1 is 1.15 bits per heavy atom. The van der Waals surface area contributed by atoms with Crippen LogP contribution in [0.4, 0.5) is 0 Å². The first-order chi connectivity index (χ1) is 12.6. The van der Waals surface area contributed by atoms with Crippen LogP contribution in [0.15, 0.2) is 23.8 Å². The van der Waals surface area contributed by atoms with Gasteiger partial charge in [0.05, 0.1) is 0 Å². The molecule has 2 heterocycles. The van der Waals surface area contributed by atoms with Gasteiger partial charge in [-0.15, -0.1) is 11.3 Å². The van der Waals surface area contributed by atoms with Crippen LogP contribution in [0.25, 0.3) is 10.8 Å². The second kappa shape index (κ2) is 6.12. The summed E-state index contributed by atoms with van der Waals surface area (Å²) in [6, 6.07) is 1.99. The van der Waals surface area contributed by atoms with Crippen molar-refractivity contribution in [3.05, 3.63) is 29.5 Å². The van der Waals surface area contributed by atoms with Gasteiger partial charge in [0.1, 0.15) is 5.69 Å². The molecule has 26 heavy (non-hydrogen) atoms. The predicted molar refractivity (Wildman–Crippen MR) is 101 cm³/mol. The van der Waals surface area contributed by atoms with E-state index < -0.39 is 0 Å². The van der Waals surface area contributed by atoms with Gasteiger partial charge < -0.3 is 5.32 Å². The van der Waals surface area contributed by atoms with E-state index in [1.807, 2.05) is 5.38 Å². The normalized spacial score (nSPS) is 33.2. The van der Waals surface area contributed by atoms with Crippen LogP contribution in [0.5, 0.6) is 0 Å². The zero-order chi connectivity index (χ0) is 17.7. The summed E-state index contributed by atoms with van der Waals surface area (Å²) in [5, 5.41) is 5.79. The van der Waals surface area contributed by atoms with Crippen LogP contribution in [0.2, 0.25) is 0 Å². The van der Waals surface area contributed by atoms with Crippen molar-refractivity contribution < 1.29 is 4.79 Å². The lowest BCUT2D eigenvalue weighted by Crippen LogP contribution is -2.55. The first kappa shape index (κ1) is 16.4. The van der Waals surface area contributed by atoms with Crippen molar-refractivity contribution in [3.8, 4) is 10.8 Å². The molecule has 5 nitrogen and oxygen atoms in total. The minimum Gasteiger partial charge on any atom is -0.348 e. The second-order valence-corrected chi connectivity index (χ2v) is 9.44. The second-order valence-electron chi connectivity index (χ2n) is 8.59. The zero-order valence-corrected chi connectivity index (χ0v) is 15.8. The molecule has 1 amide bonds. The number of nitrogens with one attached hydrogen (secondary N) is 1. The van der Waals surface area contributed by atoms with E-state index in [1.54, 1.807) is 18.5 Å². The van der Waals surface area contributed by atoms with Gasteiger partial charge in [0, 0.05) is 23.8 Å². The Hall–Kier alpha value is -1.82. The van der Waals surface area contributed by atoms with Crippen molar-refractivity contribution in [3.63, 3.8) is 0 Å². The first-order valence-corrected chi connectivity index (χ1v) is 10.5. The highest BCUT2D eigenvalue weighted by Gasteiger charge is 2.53. The van der Waals surface area contributed by atoms with Gasteiger partial charge >= 0.3 is 0 Å². The number of nitrogens with zero attached hydrogens (tertiary/aromatic N) is 3. The van der Waals surface area contributed by atoms with Gasteiger partial charge in [0.2, 0.25) is 0 Å². The van der Waals surface area contributed by atoms with E-state index >= 15 is 0 Å². The minimum atomic E-state index is -0.0633. The van der Waals surface area contributed by atoms with Gasteiger partial charge in [-0.05, 0) is 74.7 Å². The molecular weight excluding hydrogens is 344 g/mol. The lowest BCUT2D eigenvalue weighted by Gasteiger charge is -2.59. The predicted octanol–water partition coefficient (Wildman–Crippen LogP) is 3.93. The van der Waals surface area contributed by atoms with Gasteiger partial charge in [-0.3, -0.25) is 4.79 Å². The third-order valence-corrected chi connectivity index (χ3v) is 7.68. The summed E-state index contributed by atoms with van der Waals surface area (Å²) >= 11 is 1.42. The van der Waals surface area contributed by atoms with Crippen LogP contribution < -0.4 is 5.32 Å². The van der Waals surface area contributed by atoms with Crippen LogP contribution >= 0.6 is 11.3 Å². The van der Waals surface area contributed by atoms with Crippen molar-refractivity contribution in [2.24, 2.45) is 23.2 Å². The molecule has 4 fully saturated rings. The number of hydrogen-bond donors (Lipinski definition) is 1. The van der Waals surface area contributed by atoms with Crippen LogP contribution in [0.3, 0.4) is 0 Å². The summed E-state index contributed by atoms with van der Waals surface area (Å²) in [5.74, 6) is 3.18. The molecule has 1 atom stereocenters. The van der Waals surface area contributed by atoms with E-state index in [0.717, 1.165) is 17.8 Å². The third kappa shape index (κ3) is 2.75. The number of aromatic nitrogens is 3. The van der Waals surface area contributed by atoms with Gasteiger partial charge in [-0.2, -0.15) is 0 Å². The van der Waals surface area contributed by atoms with Crippen LogP contribution in [-0.2, 0) is 0 Å². The summed E-state index contributed by atoms with van der Waals surface area (Å²) < 4.78 is 0. The van der Waals surface area contributed by atoms with Crippen LogP contribution in [-0.4, -0.2) is 26.9 Å². The molecule has 4 aliphatic carbocycles. The molecule has 0 saturated heterocycles. The molecule has 6 rings (SSSR count). The fourth-order valence-electron chi connectivity index (χ4n) is 6.02. The van der Waals surface area contributed by atoms with Crippen molar-refractivity contribution in [1.29, 1.82) is 0 Å². The lowest BCUT2D eigenvalue weighted by atomic mass is 9.48. The minimum absolute atomic E-state index is 0.0633. The van der Waals surface area contributed by atoms with Crippen molar-refractivity contribution in [2.45, 2.75) is 51.5 Å². The number of amides is 1. The van der Waals surface area contributed by atoms with E-state index in [1.165, 1.54) is 49.9 Å². The lowest BCUT2D eigenvalue weighted by molar-refractivity contribution is -0.0688. The maximum absolute atomic E-state index is 12.8. The van der Waals surface area contributed by atoms with Crippen molar-refractivity contribution >= 4 is 17.2 Å². The van der Waals surface area contributed by atoms with Gasteiger partial charge in [0.15, 0.2) is 10.8 Å². The average molecular weight is 369 g/mol. The first-order valence-electron chi connectivity index (χ1n) is 9.65. The van der Waals surface area contributed by atoms with Crippen molar-refractivity contribution in [1.82, 2.24) is 20.3 Å². The maximum atomic E-state index is 12.8. The fourth-order valence-corrected chi connectivity index (χ4v) is 6.77. The quantitative estimate of drug-likeness (QED) is 0.888. The van der Waals surface area contributed by atoms with E-state index in [2.05, 4.69) is 27.2 Å². The van der Waals surface area contributed by atoms with Crippen LogP contribution in [0, 0.1) is 23.2 Å². The molecule has 0 spiro atoms. The molecule has 2 aromatic heterocycles. The molecule has 6 heteroatoms. The molecule has 4 aliphatic rings. The van der Waals surface area contributed by atoms with Crippen LogP contribution in [0.1, 0.15) is 55.9 Å². The summed E-state index contributed by atoms with van der Waals surface area (Å²) in [4.78, 5) is 25.7. The Morgan fingerprint density at radius 3 is 2.38 bits per heavy atom. The van der Waals surface area contributed by atoms with E-state index in [0.29, 0.717) is 21.9 Å². The van der Waals surface area contributed by atoms with E-state index in [9.17, 15) is 4.79 Å². The SMILES string of the molecule is CC(NC(=O)c1csc(-c2ncccn2)n1)C12CC3CC(CC(C3)C1)C2. The summed E-state index contributed by atoms with van der Waals surface area (Å²) in [6.07, 6.45) is 11.5. The Morgan fingerprint density at radius 2 is 1.77 bits per heavy atom. The highest BCUT2D eigenvalue weighted by atomic mass is 32.1. The Balaban J connectivity index is 1.31. The number of carbonyl (C=O) groups excluding carboxylic acids is 1. The molecular formula is C20H24N4OS. The third-order valence-electron chi connectivity index (χ3n) is 6.85. The number of carbonyl (C=O) groups is 1. The Labute approximate surface area is 157 Å². The molecule has 1 N–H and O–H groups in total. The highest BCUT2D eigenvalue weighted by Crippen LogP contribution is 2.61. The average Bonchev–Trinajstić information content (AvgIpc) is 3.11. The topological polar surface area (TPSA) is 67.8 Å². The number of thiazole rings is 1. The van der Waals surface area contributed by atoms with Gasteiger partial charge in [0.25, 0.3) is 5.91 Å². The molecule has 2 aromatic rings. The number of rotatable bonds is 4. The Kier molecular flexibility index (Phi) is 3.85. The fraction of sp³-hybridized carbons (Fsp3) is 0.600. The molecule has 136 valence electrons. The highest BCUT2D eigenvalue weighted by molar-refractivity contribution is 7.13. The monoisotopic (exact) mass is 368 g/mol.